The Morgan fingerprint density at radius 3 is 2.75 bits per heavy atom. The van der Waals surface area contributed by atoms with Crippen LogP contribution in [0.15, 0.2) is 22.7 Å². The normalized spacial score (nSPS) is 24.9. The molecule has 1 aromatic carbocycles. The molecular weight excluding hydrogens is 312 g/mol. The van der Waals surface area contributed by atoms with Crippen molar-refractivity contribution in [2.45, 2.75) is 45.1 Å². The van der Waals surface area contributed by atoms with Crippen molar-refractivity contribution < 1.29 is 0 Å². The Hall–Kier alpha value is -0.540. The molecule has 110 valence electrons. The summed E-state index contributed by atoms with van der Waals surface area (Å²) in [6.45, 7) is 5.54. The van der Waals surface area contributed by atoms with Gasteiger partial charge in [0.05, 0.1) is 5.69 Å². The predicted molar refractivity (Wildman–Crippen MR) is 89.5 cm³/mol. The number of hydrogen-bond donors (Lipinski definition) is 1. The largest absolute Gasteiger partial charge is 0.368 e. The maximum absolute atomic E-state index is 3.76. The van der Waals surface area contributed by atoms with Crippen LogP contribution >= 0.6 is 15.9 Å². The lowest BCUT2D eigenvalue weighted by Crippen LogP contribution is -2.54. The number of benzene rings is 1. The molecule has 3 heteroatoms. The highest BCUT2D eigenvalue weighted by atomic mass is 79.9. The molecule has 1 unspecified atom stereocenters. The fraction of sp³-hybridized carbons (Fsp3) is 0.647. The van der Waals surface area contributed by atoms with Crippen LogP contribution in [0.4, 0.5) is 5.69 Å². The number of halogens is 1. The Kier molecular flexibility index (Phi) is 4.67. The van der Waals surface area contributed by atoms with E-state index in [1.165, 1.54) is 47.8 Å². The molecule has 1 saturated carbocycles. The molecule has 2 nitrogen and oxygen atoms in total. The van der Waals surface area contributed by atoms with Gasteiger partial charge in [-0.1, -0.05) is 25.3 Å². The molecule has 20 heavy (non-hydrogen) atoms. The molecule has 0 spiro atoms. The average Bonchev–Trinajstić information content (AvgIpc) is 2.48. The Labute approximate surface area is 131 Å². The maximum atomic E-state index is 3.76. The van der Waals surface area contributed by atoms with Crippen molar-refractivity contribution in [2.75, 3.05) is 24.5 Å². The fourth-order valence-electron chi connectivity index (χ4n) is 3.72. The van der Waals surface area contributed by atoms with Gasteiger partial charge in [0, 0.05) is 30.1 Å². The summed E-state index contributed by atoms with van der Waals surface area (Å²) in [6.07, 6.45) is 7.13. The third kappa shape index (κ3) is 3.20. The van der Waals surface area contributed by atoms with Gasteiger partial charge in [-0.2, -0.15) is 0 Å². The number of rotatable bonds is 2. The van der Waals surface area contributed by atoms with E-state index in [4.69, 9.17) is 0 Å². The van der Waals surface area contributed by atoms with Crippen LogP contribution in [0.2, 0.25) is 0 Å². The number of hydrogen-bond acceptors (Lipinski definition) is 2. The van der Waals surface area contributed by atoms with Crippen molar-refractivity contribution in [2.24, 2.45) is 5.92 Å². The minimum Gasteiger partial charge on any atom is -0.368 e. The molecule has 1 N–H and O–H groups in total. The summed E-state index contributed by atoms with van der Waals surface area (Å²) < 4.78 is 1.24. The van der Waals surface area contributed by atoms with Gasteiger partial charge in [-0.05, 0) is 59.3 Å². The first-order chi connectivity index (χ1) is 9.74. The van der Waals surface area contributed by atoms with Gasteiger partial charge in [0.1, 0.15) is 0 Å². The smallest absolute Gasteiger partial charge is 0.0511 e. The number of piperazine rings is 1. The van der Waals surface area contributed by atoms with Gasteiger partial charge in [-0.25, -0.2) is 0 Å². The van der Waals surface area contributed by atoms with Crippen molar-refractivity contribution in [1.82, 2.24) is 5.32 Å². The van der Waals surface area contributed by atoms with E-state index < -0.39 is 0 Å². The second-order valence-electron chi connectivity index (χ2n) is 6.36. The van der Waals surface area contributed by atoms with Gasteiger partial charge in [0.2, 0.25) is 0 Å². The molecule has 2 aliphatic rings. The van der Waals surface area contributed by atoms with Gasteiger partial charge < -0.3 is 10.2 Å². The molecule has 0 amide bonds. The molecular formula is C17H25BrN2. The summed E-state index contributed by atoms with van der Waals surface area (Å²) >= 11 is 3.74. The summed E-state index contributed by atoms with van der Waals surface area (Å²) in [4.78, 5) is 2.55. The standard InChI is InChI=1S/C17H25BrN2/c1-13-7-8-17(15(18)11-13)20-10-9-19-16(12-20)14-5-3-2-4-6-14/h7-8,11,14,16,19H,2-6,9-10,12H2,1H3. The van der Waals surface area contributed by atoms with E-state index in [1.54, 1.807) is 0 Å². The quantitative estimate of drug-likeness (QED) is 0.873. The highest BCUT2D eigenvalue weighted by molar-refractivity contribution is 9.10. The molecule has 1 aromatic rings. The maximum Gasteiger partial charge on any atom is 0.0511 e. The van der Waals surface area contributed by atoms with E-state index in [0.29, 0.717) is 6.04 Å². The topological polar surface area (TPSA) is 15.3 Å². The minimum atomic E-state index is 0.678. The van der Waals surface area contributed by atoms with Crippen LogP contribution < -0.4 is 10.2 Å². The van der Waals surface area contributed by atoms with E-state index in [2.05, 4.69) is 51.3 Å². The molecule has 0 bridgehead atoms. The van der Waals surface area contributed by atoms with Gasteiger partial charge >= 0.3 is 0 Å². The molecule has 2 fully saturated rings. The molecule has 3 rings (SSSR count). The van der Waals surface area contributed by atoms with E-state index in [1.807, 2.05) is 0 Å². The van der Waals surface area contributed by atoms with Crippen LogP contribution in [-0.2, 0) is 0 Å². The van der Waals surface area contributed by atoms with Crippen molar-refractivity contribution in [3.05, 3.63) is 28.2 Å². The van der Waals surface area contributed by atoms with Crippen molar-refractivity contribution in [3.63, 3.8) is 0 Å². The lowest BCUT2D eigenvalue weighted by Gasteiger charge is -2.40. The van der Waals surface area contributed by atoms with E-state index in [0.717, 1.165) is 25.6 Å². The van der Waals surface area contributed by atoms with Crippen LogP contribution in [-0.4, -0.2) is 25.7 Å². The molecule has 0 aromatic heterocycles. The summed E-state index contributed by atoms with van der Waals surface area (Å²) in [5.41, 5.74) is 2.68. The van der Waals surface area contributed by atoms with E-state index >= 15 is 0 Å². The van der Waals surface area contributed by atoms with Gasteiger partial charge in [-0.3, -0.25) is 0 Å². The van der Waals surface area contributed by atoms with Crippen molar-refractivity contribution >= 4 is 21.6 Å². The Bertz CT molecular complexity index is 454. The highest BCUT2D eigenvalue weighted by Crippen LogP contribution is 2.31. The fourth-order valence-corrected chi connectivity index (χ4v) is 4.46. The Morgan fingerprint density at radius 2 is 2.00 bits per heavy atom. The average molecular weight is 337 g/mol. The first-order valence-corrected chi connectivity index (χ1v) is 8.78. The zero-order valence-corrected chi connectivity index (χ0v) is 14.0. The summed E-state index contributed by atoms with van der Waals surface area (Å²) in [5, 5.41) is 3.76. The number of nitrogens with zero attached hydrogens (tertiary/aromatic N) is 1. The van der Waals surface area contributed by atoms with E-state index in [-0.39, 0.29) is 0 Å². The lowest BCUT2D eigenvalue weighted by atomic mass is 9.83. The summed E-state index contributed by atoms with van der Waals surface area (Å²) in [5.74, 6) is 0.885. The molecule has 1 heterocycles. The zero-order chi connectivity index (χ0) is 13.9. The molecule has 1 saturated heterocycles. The van der Waals surface area contributed by atoms with Crippen LogP contribution in [0.25, 0.3) is 0 Å². The molecule has 1 atom stereocenters. The first kappa shape index (κ1) is 14.4. The lowest BCUT2D eigenvalue weighted by molar-refractivity contribution is 0.257. The Balaban J connectivity index is 1.71. The molecule has 1 aliphatic heterocycles. The van der Waals surface area contributed by atoms with Gasteiger partial charge in [-0.15, -0.1) is 0 Å². The van der Waals surface area contributed by atoms with Crippen molar-refractivity contribution in [1.29, 1.82) is 0 Å². The predicted octanol–water partition coefficient (Wildman–Crippen LogP) is 4.12. The summed E-state index contributed by atoms with van der Waals surface area (Å²) in [7, 11) is 0. The van der Waals surface area contributed by atoms with Crippen LogP contribution in [0.3, 0.4) is 0 Å². The third-order valence-electron chi connectivity index (χ3n) is 4.87. The number of aryl methyl sites for hydroxylation is 1. The van der Waals surface area contributed by atoms with E-state index in [9.17, 15) is 0 Å². The zero-order valence-electron chi connectivity index (χ0n) is 12.4. The number of nitrogens with one attached hydrogen (secondary N) is 1. The second-order valence-corrected chi connectivity index (χ2v) is 7.21. The van der Waals surface area contributed by atoms with Crippen LogP contribution in [0, 0.1) is 12.8 Å². The third-order valence-corrected chi connectivity index (χ3v) is 5.50. The summed E-state index contributed by atoms with van der Waals surface area (Å²) in [6, 6.07) is 7.39. The second kappa shape index (κ2) is 6.48. The monoisotopic (exact) mass is 336 g/mol. The van der Waals surface area contributed by atoms with Crippen molar-refractivity contribution in [3.8, 4) is 0 Å². The minimum absolute atomic E-state index is 0.678. The Morgan fingerprint density at radius 1 is 1.20 bits per heavy atom. The van der Waals surface area contributed by atoms with Gasteiger partial charge in [0.15, 0.2) is 0 Å². The van der Waals surface area contributed by atoms with Crippen LogP contribution in [0.1, 0.15) is 37.7 Å². The SMILES string of the molecule is Cc1ccc(N2CCNC(C3CCCCC3)C2)c(Br)c1. The number of anilines is 1. The highest BCUT2D eigenvalue weighted by Gasteiger charge is 2.28. The van der Waals surface area contributed by atoms with Crippen LogP contribution in [0.5, 0.6) is 0 Å². The van der Waals surface area contributed by atoms with Gasteiger partial charge in [0.25, 0.3) is 0 Å². The molecule has 0 radical (unpaired) electrons. The first-order valence-electron chi connectivity index (χ1n) is 7.98. The molecule has 1 aliphatic carbocycles.